The molecule has 0 saturated carbocycles. The molecule has 1 aliphatic rings. The molecule has 0 radical (unpaired) electrons. The first-order chi connectivity index (χ1) is 8.08. The molecular formula is C12H20Cl2N4O. The third-order valence-corrected chi connectivity index (χ3v) is 3.03. The normalized spacial score (nSPS) is 22.2. The van der Waals surface area contributed by atoms with Crippen LogP contribution in [-0.2, 0) is 0 Å². The molecule has 1 N–H and O–H groups in total. The second kappa shape index (κ2) is 7.62. The molecule has 108 valence electrons. The van der Waals surface area contributed by atoms with Crippen molar-refractivity contribution in [2.75, 3.05) is 13.1 Å². The smallest absolute Gasteiger partial charge is 0.274 e. The molecule has 1 aromatic rings. The molecule has 1 saturated heterocycles. The Morgan fingerprint density at radius 3 is 2.58 bits per heavy atom. The fourth-order valence-electron chi connectivity index (χ4n) is 1.95. The summed E-state index contributed by atoms with van der Waals surface area (Å²) in [5, 5.41) is 3.35. The summed E-state index contributed by atoms with van der Waals surface area (Å²) in [5.41, 5.74) is 1.25. The van der Waals surface area contributed by atoms with Gasteiger partial charge in [-0.25, -0.2) is 4.98 Å². The molecule has 0 aliphatic carbocycles. The van der Waals surface area contributed by atoms with Gasteiger partial charge in [-0.2, -0.15) is 0 Å². The maximum Gasteiger partial charge on any atom is 0.274 e. The monoisotopic (exact) mass is 306 g/mol. The number of rotatable bonds is 1. The number of nitrogens with zero attached hydrogens (tertiary/aromatic N) is 3. The Bertz CT molecular complexity index is 413. The zero-order valence-electron chi connectivity index (χ0n) is 11.3. The lowest BCUT2D eigenvalue weighted by Crippen LogP contribution is -2.56. The summed E-state index contributed by atoms with van der Waals surface area (Å²) in [6.45, 7) is 7.52. The van der Waals surface area contributed by atoms with Gasteiger partial charge in [-0.05, 0) is 20.8 Å². The fraction of sp³-hybridized carbons (Fsp3) is 0.583. The van der Waals surface area contributed by atoms with Gasteiger partial charge in [-0.3, -0.25) is 9.78 Å². The van der Waals surface area contributed by atoms with Crippen molar-refractivity contribution in [1.29, 1.82) is 0 Å². The van der Waals surface area contributed by atoms with Crippen LogP contribution < -0.4 is 5.32 Å². The molecule has 1 aromatic heterocycles. The van der Waals surface area contributed by atoms with E-state index in [0.717, 1.165) is 18.8 Å². The molecule has 7 heteroatoms. The fourth-order valence-corrected chi connectivity index (χ4v) is 1.95. The highest BCUT2D eigenvalue weighted by atomic mass is 35.5. The van der Waals surface area contributed by atoms with E-state index in [0.29, 0.717) is 11.7 Å². The molecule has 2 unspecified atom stereocenters. The lowest BCUT2D eigenvalue weighted by molar-refractivity contribution is 0.0609. The van der Waals surface area contributed by atoms with Gasteiger partial charge >= 0.3 is 0 Å². The second-order valence-electron chi connectivity index (χ2n) is 4.66. The number of hydrogen-bond donors (Lipinski definition) is 1. The van der Waals surface area contributed by atoms with Crippen molar-refractivity contribution in [3.05, 3.63) is 23.8 Å². The van der Waals surface area contributed by atoms with Gasteiger partial charge in [0.25, 0.3) is 5.91 Å². The molecular weight excluding hydrogens is 287 g/mol. The van der Waals surface area contributed by atoms with E-state index < -0.39 is 0 Å². The van der Waals surface area contributed by atoms with Gasteiger partial charge in [-0.15, -0.1) is 24.8 Å². The van der Waals surface area contributed by atoms with E-state index in [1.165, 1.54) is 0 Å². The van der Waals surface area contributed by atoms with Crippen molar-refractivity contribution in [1.82, 2.24) is 20.2 Å². The van der Waals surface area contributed by atoms with Crippen molar-refractivity contribution in [3.63, 3.8) is 0 Å². The predicted molar refractivity (Wildman–Crippen MR) is 79.2 cm³/mol. The number of amides is 1. The molecule has 0 spiro atoms. The van der Waals surface area contributed by atoms with Crippen molar-refractivity contribution in [2.24, 2.45) is 0 Å². The lowest BCUT2D eigenvalue weighted by atomic mass is 10.1. The first-order valence-corrected chi connectivity index (χ1v) is 5.91. The second-order valence-corrected chi connectivity index (χ2v) is 4.66. The maximum absolute atomic E-state index is 12.3. The molecule has 5 nitrogen and oxygen atoms in total. The third kappa shape index (κ3) is 4.30. The van der Waals surface area contributed by atoms with Crippen molar-refractivity contribution < 1.29 is 4.79 Å². The quantitative estimate of drug-likeness (QED) is 0.853. The van der Waals surface area contributed by atoms with Crippen molar-refractivity contribution in [3.8, 4) is 0 Å². The van der Waals surface area contributed by atoms with Gasteiger partial charge in [0.1, 0.15) is 5.69 Å². The zero-order chi connectivity index (χ0) is 12.4. The average Bonchev–Trinajstić information content (AvgIpc) is 2.32. The van der Waals surface area contributed by atoms with Crippen LogP contribution in [-0.4, -0.2) is 45.9 Å². The minimum absolute atomic E-state index is 0. The summed E-state index contributed by atoms with van der Waals surface area (Å²) in [4.78, 5) is 22.4. The van der Waals surface area contributed by atoms with Crippen LogP contribution >= 0.6 is 24.8 Å². The van der Waals surface area contributed by atoms with Crippen LogP contribution in [0, 0.1) is 6.92 Å². The van der Waals surface area contributed by atoms with E-state index >= 15 is 0 Å². The molecule has 2 heterocycles. The molecule has 2 rings (SSSR count). The largest absolute Gasteiger partial charge is 0.332 e. The highest BCUT2D eigenvalue weighted by Gasteiger charge is 2.27. The summed E-state index contributed by atoms with van der Waals surface area (Å²) in [6, 6.07) is 0.523. The van der Waals surface area contributed by atoms with Crippen molar-refractivity contribution >= 4 is 30.7 Å². The standard InChI is InChI=1S/C12H18N4O.2ClH/c1-8-4-15-11(6-14-8)12(17)16-7-9(2)13-5-10(16)3;;/h4,6,9-10,13H,5,7H2,1-3H3;2*1H. The average molecular weight is 307 g/mol. The van der Waals surface area contributed by atoms with Gasteiger partial charge < -0.3 is 10.2 Å². The zero-order valence-corrected chi connectivity index (χ0v) is 12.9. The Labute approximate surface area is 126 Å². The number of halogens is 2. The van der Waals surface area contributed by atoms with Crippen LogP contribution in [0.1, 0.15) is 30.0 Å². The molecule has 0 aromatic carbocycles. The first kappa shape index (κ1) is 18.1. The highest BCUT2D eigenvalue weighted by molar-refractivity contribution is 5.92. The summed E-state index contributed by atoms with van der Waals surface area (Å²) in [6.07, 6.45) is 3.18. The van der Waals surface area contributed by atoms with Crippen LogP contribution in [0.4, 0.5) is 0 Å². The van der Waals surface area contributed by atoms with E-state index in [9.17, 15) is 4.79 Å². The maximum atomic E-state index is 12.3. The number of piperazine rings is 1. The van der Waals surface area contributed by atoms with E-state index in [-0.39, 0.29) is 36.8 Å². The minimum atomic E-state index is -0.0293. The topological polar surface area (TPSA) is 58.1 Å². The Kier molecular flexibility index (Phi) is 7.26. The van der Waals surface area contributed by atoms with Crippen LogP contribution in [0.25, 0.3) is 0 Å². The predicted octanol–water partition coefficient (Wildman–Crippen LogP) is 1.45. The van der Waals surface area contributed by atoms with E-state index in [4.69, 9.17) is 0 Å². The molecule has 19 heavy (non-hydrogen) atoms. The summed E-state index contributed by atoms with van der Waals surface area (Å²) in [7, 11) is 0. The minimum Gasteiger partial charge on any atom is -0.332 e. The molecule has 1 fully saturated rings. The molecule has 0 bridgehead atoms. The molecule has 1 amide bonds. The number of carbonyl (C=O) groups excluding carboxylic acids is 1. The Balaban J connectivity index is 0.00000162. The van der Waals surface area contributed by atoms with E-state index in [2.05, 4.69) is 22.2 Å². The van der Waals surface area contributed by atoms with Crippen LogP contribution in [0.3, 0.4) is 0 Å². The summed E-state index contributed by atoms with van der Waals surface area (Å²) in [5.74, 6) is -0.0293. The van der Waals surface area contributed by atoms with Crippen molar-refractivity contribution in [2.45, 2.75) is 32.9 Å². The van der Waals surface area contributed by atoms with Gasteiger partial charge in [0.2, 0.25) is 0 Å². The third-order valence-electron chi connectivity index (χ3n) is 3.03. The Morgan fingerprint density at radius 1 is 1.32 bits per heavy atom. The van der Waals surface area contributed by atoms with E-state index in [1.54, 1.807) is 12.4 Å². The Hall–Kier alpha value is -0.910. The number of nitrogens with one attached hydrogen (secondary N) is 1. The van der Waals surface area contributed by atoms with Gasteiger partial charge in [0.15, 0.2) is 0 Å². The lowest BCUT2D eigenvalue weighted by Gasteiger charge is -2.37. The molecule has 2 atom stereocenters. The van der Waals surface area contributed by atoms with Crippen LogP contribution in [0.15, 0.2) is 12.4 Å². The number of hydrogen-bond acceptors (Lipinski definition) is 4. The number of aromatic nitrogens is 2. The summed E-state index contributed by atoms with van der Waals surface area (Å²) >= 11 is 0. The van der Waals surface area contributed by atoms with Crippen LogP contribution in [0.2, 0.25) is 0 Å². The number of carbonyl (C=O) groups is 1. The van der Waals surface area contributed by atoms with Gasteiger partial charge in [0.05, 0.1) is 11.9 Å². The SMILES string of the molecule is Cc1cnc(C(=O)N2CC(C)NCC2C)cn1.Cl.Cl. The van der Waals surface area contributed by atoms with Crippen LogP contribution in [0.5, 0.6) is 0 Å². The molecule has 1 aliphatic heterocycles. The highest BCUT2D eigenvalue weighted by Crippen LogP contribution is 2.10. The number of aryl methyl sites for hydroxylation is 1. The van der Waals surface area contributed by atoms with E-state index in [1.807, 2.05) is 18.7 Å². The van der Waals surface area contributed by atoms with Gasteiger partial charge in [-0.1, -0.05) is 0 Å². The van der Waals surface area contributed by atoms with Gasteiger partial charge in [0, 0.05) is 31.4 Å². The first-order valence-electron chi connectivity index (χ1n) is 5.91. The summed E-state index contributed by atoms with van der Waals surface area (Å²) < 4.78 is 0. The Morgan fingerprint density at radius 2 is 2.00 bits per heavy atom.